The second-order valence-corrected chi connectivity index (χ2v) is 6.42. The first-order valence-corrected chi connectivity index (χ1v) is 9.08. The highest BCUT2D eigenvalue weighted by Crippen LogP contribution is 2.31. The molecule has 1 aromatic carbocycles. The first-order valence-electron chi connectivity index (χ1n) is 9.08. The van der Waals surface area contributed by atoms with Crippen molar-refractivity contribution in [2.45, 2.75) is 32.3 Å². The largest absolute Gasteiger partial charge is 0.507 e. The van der Waals surface area contributed by atoms with E-state index in [0.717, 1.165) is 41.7 Å². The number of hydrogen-bond donors (Lipinski definition) is 1. The van der Waals surface area contributed by atoms with Crippen molar-refractivity contribution in [3.8, 4) is 5.75 Å². The van der Waals surface area contributed by atoms with Gasteiger partial charge >= 0.3 is 0 Å². The summed E-state index contributed by atoms with van der Waals surface area (Å²) in [5.74, 6) is 0.276. The second kappa shape index (κ2) is 8.63. The first-order chi connectivity index (χ1) is 12.7. The van der Waals surface area contributed by atoms with Gasteiger partial charge in [0.25, 0.3) is 0 Å². The lowest BCUT2D eigenvalue weighted by Crippen LogP contribution is -2.11. The van der Waals surface area contributed by atoms with Crippen LogP contribution in [0.15, 0.2) is 72.5 Å². The molecule has 0 radical (unpaired) electrons. The molecule has 0 saturated heterocycles. The Hall–Kier alpha value is -2.65. The summed E-state index contributed by atoms with van der Waals surface area (Å²) in [5, 5.41) is 10.1. The average Bonchev–Trinajstić information content (AvgIpc) is 3.15. The maximum Gasteiger partial charge on any atom is 0.122 e. The van der Waals surface area contributed by atoms with E-state index in [2.05, 4.69) is 24.6 Å². The molecule has 3 nitrogen and oxygen atoms in total. The Morgan fingerprint density at radius 2 is 2.08 bits per heavy atom. The van der Waals surface area contributed by atoms with E-state index < -0.39 is 0 Å². The SMILES string of the molecule is C=C(CC)C1=CCOC1CC/C(=C/c1ccccc1O)c1ccccn1. The van der Waals surface area contributed by atoms with Gasteiger partial charge < -0.3 is 9.84 Å². The van der Waals surface area contributed by atoms with Gasteiger partial charge in [-0.2, -0.15) is 0 Å². The Morgan fingerprint density at radius 1 is 1.27 bits per heavy atom. The zero-order chi connectivity index (χ0) is 18.4. The number of para-hydroxylation sites is 1. The molecule has 134 valence electrons. The molecule has 2 aromatic rings. The number of hydrogen-bond acceptors (Lipinski definition) is 3. The number of aromatic hydroxyl groups is 1. The van der Waals surface area contributed by atoms with Crippen LogP contribution in [0.1, 0.15) is 37.4 Å². The lowest BCUT2D eigenvalue weighted by atomic mass is 9.94. The van der Waals surface area contributed by atoms with E-state index in [9.17, 15) is 5.11 Å². The summed E-state index contributed by atoms with van der Waals surface area (Å²) < 4.78 is 5.90. The second-order valence-electron chi connectivity index (χ2n) is 6.42. The lowest BCUT2D eigenvalue weighted by Gasteiger charge is -2.17. The summed E-state index contributed by atoms with van der Waals surface area (Å²) in [6.07, 6.45) is 8.65. The highest BCUT2D eigenvalue weighted by molar-refractivity contribution is 5.81. The Labute approximate surface area is 155 Å². The summed E-state index contributed by atoms with van der Waals surface area (Å²) in [7, 11) is 0. The van der Waals surface area contributed by atoms with Crippen LogP contribution in [0.5, 0.6) is 5.75 Å². The summed E-state index contributed by atoms with van der Waals surface area (Å²) in [5.41, 5.74) is 5.19. The number of rotatable bonds is 7. The highest BCUT2D eigenvalue weighted by atomic mass is 16.5. The van der Waals surface area contributed by atoms with E-state index in [4.69, 9.17) is 4.74 Å². The molecular formula is C23H25NO2. The third kappa shape index (κ3) is 4.30. The van der Waals surface area contributed by atoms with Gasteiger partial charge in [0, 0.05) is 11.8 Å². The number of phenols is 1. The summed E-state index contributed by atoms with van der Waals surface area (Å²) in [4.78, 5) is 4.50. The maximum atomic E-state index is 10.1. The predicted molar refractivity (Wildman–Crippen MR) is 107 cm³/mol. The average molecular weight is 347 g/mol. The Balaban J connectivity index is 1.83. The monoisotopic (exact) mass is 347 g/mol. The molecule has 1 atom stereocenters. The molecule has 1 N–H and O–H groups in total. The van der Waals surface area contributed by atoms with Gasteiger partial charge in [-0.15, -0.1) is 0 Å². The Kier molecular flexibility index (Phi) is 6.03. The quantitative estimate of drug-likeness (QED) is 0.729. The molecule has 0 spiro atoms. The Bertz CT molecular complexity index is 821. The fourth-order valence-electron chi connectivity index (χ4n) is 3.20. The topological polar surface area (TPSA) is 42.4 Å². The molecule has 0 bridgehead atoms. The van der Waals surface area contributed by atoms with Gasteiger partial charge in [0.05, 0.1) is 18.4 Å². The molecule has 0 saturated carbocycles. The summed E-state index contributed by atoms with van der Waals surface area (Å²) in [6, 6.07) is 13.3. The van der Waals surface area contributed by atoms with Crippen LogP contribution in [0, 0.1) is 0 Å². The zero-order valence-corrected chi connectivity index (χ0v) is 15.2. The van der Waals surface area contributed by atoms with Crippen LogP contribution in [-0.4, -0.2) is 22.8 Å². The van der Waals surface area contributed by atoms with E-state index >= 15 is 0 Å². The number of nitrogens with zero attached hydrogens (tertiary/aromatic N) is 1. The molecule has 1 aliphatic rings. The van der Waals surface area contributed by atoms with Gasteiger partial charge in [0.2, 0.25) is 0 Å². The minimum Gasteiger partial charge on any atom is -0.507 e. The van der Waals surface area contributed by atoms with Crippen LogP contribution in [0.2, 0.25) is 0 Å². The van der Waals surface area contributed by atoms with Crippen molar-refractivity contribution in [2.24, 2.45) is 0 Å². The fraction of sp³-hybridized carbons (Fsp3) is 0.261. The van der Waals surface area contributed by atoms with Crippen molar-refractivity contribution in [1.82, 2.24) is 4.98 Å². The van der Waals surface area contributed by atoms with Crippen LogP contribution in [0.25, 0.3) is 11.6 Å². The van der Waals surface area contributed by atoms with Gasteiger partial charge in [-0.05, 0) is 60.3 Å². The van der Waals surface area contributed by atoms with E-state index in [1.165, 1.54) is 5.57 Å². The third-order valence-electron chi connectivity index (χ3n) is 4.72. The van der Waals surface area contributed by atoms with Crippen molar-refractivity contribution in [2.75, 3.05) is 6.61 Å². The number of benzene rings is 1. The normalized spacial score (nSPS) is 17.2. The van der Waals surface area contributed by atoms with Crippen LogP contribution in [-0.2, 0) is 4.74 Å². The first kappa shape index (κ1) is 18.2. The molecule has 0 fully saturated rings. The molecule has 3 rings (SSSR count). The minimum absolute atomic E-state index is 0.0823. The lowest BCUT2D eigenvalue weighted by molar-refractivity contribution is 0.117. The zero-order valence-electron chi connectivity index (χ0n) is 15.2. The molecule has 1 aromatic heterocycles. The Morgan fingerprint density at radius 3 is 2.81 bits per heavy atom. The van der Waals surface area contributed by atoms with Crippen LogP contribution in [0.4, 0.5) is 0 Å². The predicted octanol–water partition coefficient (Wildman–Crippen LogP) is 5.40. The van der Waals surface area contributed by atoms with Gasteiger partial charge in [-0.3, -0.25) is 4.98 Å². The van der Waals surface area contributed by atoms with E-state index in [-0.39, 0.29) is 11.9 Å². The molecule has 26 heavy (non-hydrogen) atoms. The van der Waals surface area contributed by atoms with E-state index in [1.807, 2.05) is 42.5 Å². The molecule has 1 unspecified atom stereocenters. The van der Waals surface area contributed by atoms with Gasteiger partial charge in [-0.25, -0.2) is 0 Å². The van der Waals surface area contributed by atoms with Crippen molar-refractivity contribution >= 4 is 11.6 Å². The summed E-state index contributed by atoms with van der Waals surface area (Å²) in [6.45, 7) is 6.94. The maximum absolute atomic E-state index is 10.1. The summed E-state index contributed by atoms with van der Waals surface area (Å²) >= 11 is 0. The van der Waals surface area contributed by atoms with Crippen molar-refractivity contribution in [1.29, 1.82) is 0 Å². The van der Waals surface area contributed by atoms with Crippen LogP contribution in [0.3, 0.4) is 0 Å². The van der Waals surface area contributed by atoms with Crippen molar-refractivity contribution < 1.29 is 9.84 Å². The highest BCUT2D eigenvalue weighted by Gasteiger charge is 2.22. The molecule has 3 heteroatoms. The molecule has 1 aliphatic heterocycles. The fourth-order valence-corrected chi connectivity index (χ4v) is 3.20. The van der Waals surface area contributed by atoms with Gasteiger partial charge in [0.15, 0.2) is 0 Å². The van der Waals surface area contributed by atoms with Gasteiger partial charge in [-0.1, -0.05) is 43.8 Å². The number of ether oxygens (including phenoxy) is 1. The molecule has 0 aliphatic carbocycles. The number of pyridine rings is 1. The minimum atomic E-state index is 0.0823. The molecule has 2 heterocycles. The van der Waals surface area contributed by atoms with Crippen LogP contribution < -0.4 is 0 Å². The third-order valence-corrected chi connectivity index (χ3v) is 4.72. The van der Waals surface area contributed by atoms with Crippen molar-refractivity contribution in [3.05, 3.63) is 83.7 Å². The molecular weight excluding hydrogens is 322 g/mol. The van der Waals surface area contributed by atoms with Crippen molar-refractivity contribution in [3.63, 3.8) is 0 Å². The van der Waals surface area contributed by atoms with Gasteiger partial charge in [0.1, 0.15) is 5.75 Å². The van der Waals surface area contributed by atoms with E-state index in [1.54, 1.807) is 12.3 Å². The number of phenolic OH excluding ortho intramolecular Hbond substituents is 1. The number of allylic oxidation sites excluding steroid dienone is 1. The van der Waals surface area contributed by atoms with Crippen LogP contribution >= 0.6 is 0 Å². The molecule has 0 amide bonds. The smallest absolute Gasteiger partial charge is 0.122 e. The standard InChI is InChI=1S/C23H25NO2/c1-3-17(2)20-13-15-26-23(20)12-11-18(21-9-6-7-14-24-21)16-19-8-4-5-10-22(19)25/h4-10,13-14,16,23,25H,2-3,11-12,15H2,1H3/b18-16-. The number of aromatic nitrogens is 1. The van der Waals surface area contributed by atoms with E-state index in [0.29, 0.717) is 6.61 Å².